The van der Waals surface area contributed by atoms with Crippen molar-refractivity contribution in [3.8, 4) is 0 Å². The van der Waals surface area contributed by atoms with Gasteiger partial charge in [-0.25, -0.2) is 4.98 Å². The molecule has 5 nitrogen and oxygen atoms in total. The van der Waals surface area contributed by atoms with Crippen molar-refractivity contribution in [1.29, 1.82) is 0 Å². The number of rotatable bonds is 1. The number of primary amides is 1. The molecule has 0 aliphatic heterocycles. The fourth-order valence-electron chi connectivity index (χ4n) is 1.14. The van der Waals surface area contributed by atoms with Crippen molar-refractivity contribution in [2.24, 2.45) is 12.8 Å². The summed E-state index contributed by atoms with van der Waals surface area (Å²) in [5, 5.41) is 0. The van der Waals surface area contributed by atoms with Crippen LogP contribution >= 0.6 is 0 Å². The Bertz CT molecular complexity index is 474. The first-order chi connectivity index (χ1) is 6.18. The molecule has 2 heterocycles. The minimum Gasteiger partial charge on any atom is -0.364 e. The molecular weight excluding hydrogens is 168 g/mol. The normalized spacial score (nSPS) is 10.5. The van der Waals surface area contributed by atoms with E-state index in [0.717, 1.165) is 5.52 Å². The Morgan fingerprint density at radius 2 is 2.38 bits per heavy atom. The van der Waals surface area contributed by atoms with Gasteiger partial charge in [0.25, 0.3) is 5.91 Å². The number of carbonyl (C=O) groups is 1. The van der Waals surface area contributed by atoms with Crippen molar-refractivity contribution in [2.75, 3.05) is 0 Å². The van der Waals surface area contributed by atoms with Gasteiger partial charge in [0.05, 0.1) is 6.20 Å². The third kappa shape index (κ3) is 1.14. The molecule has 0 aromatic carbocycles. The number of nitrogens with two attached hydrogens (primary N) is 1. The summed E-state index contributed by atoms with van der Waals surface area (Å²) in [6.45, 7) is 0. The maximum atomic E-state index is 10.8. The molecule has 0 spiro atoms. The molecule has 0 unspecified atom stereocenters. The van der Waals surface area contributed by atoms with E-state index in [1.165, 1.54) is 6.20 Å². The molecule has 0 atom stereocenters. The smallest absolute Gasteiger partial charge is 0.268 e. The lowest BCUT2D eigenvalue weighted by Crippen LogP contribution is -2.13. The highest BCUT2D eigenvalue weighted by molar-refractivity contribution is 5.92. The fraction of sp³-hybridized carbons (Fsp3) is 0.125. The maximum Gasteiger partial charge on any atom is 0.268 e. The summed E-state index contributed by atoms with van der Waals surface area (Å²) in [6, 6.07) is 1.83. The van der Waals surface area contributed by atoms with Crippen molar-refractivity contribution in [3.63, 3.8) is 0 Å². The molecule has 1 amide bonds. The molecule has 0 fully saturated rings. The SMILES string of the molecule is Cn1ccc2ncc(C(N)=O)nc21. The number of hydrogen-bond donors (Lipinski definition) is 1. The van der Waals surface area contributed by atoms with E-state index in [1.807, 2.05) is 19.3 Å². The van der Waals surface area contributed by atoms with Gasteiger partial charge in [0, 0.05) is 13.2 Å². The van der Waals surface area contributed by atoms with Crippen LogP contribution in [0.5, 0.6) is 0 Å². The van der Waals surface area contributed by atoms with E-state index in [1.54, 1.807) is 4.57 Å². The van der Waals surface area contributed by atoms with Gasteiger partial charge in [0.2, 0.25) is 0 Å². The molecule has 0 saturated carbocycles. The minimum atomic E-state index is -0.560. The van der Waals surface area contributed by atoms with Crippen LogP contribution in [0.25, 0.3) is 11.2 Å². The largest absolute Gasteiger partial charge is 0.364 e. The van der Waals surface area contributed by atoms with E-state index in [-0.39, 0.29) is 5.69 Å². The molecule has 0 aliphatic rings. The molecular formula is C8H8N4O. The molecule has 0 radical (unpaired) electrons. The number of aromatic nitrogens is 3. The van der Waals surface area contributed by atoms with E-state index in [9.17, 15) is 4.79 Å². The van der Waals surface area contributed by atoms with Crippen molar-refractivity contribution in [2.45, 2.75) is 0 Å². The Kier molecular flexibility index (Phi) is 1.51. The summed E-state index contributed by atoms with van der Waals surface area (Å²) >= 11 is 0. The van der Waals surface area contributed by atoms with Crippen molar-refractivity contribution in [3.05, 3.63) is 24.2 Å². The molecule has 2 rings (SSSR count). The van der Waals surface area contributed by atoms with Crippen LogP contribution in [-0.2, 0) is 7.05 Å². The van der Waals surface area contributed by atoms with E-state index in [0.29, 0.717) is 5.65 Å². The second kappa shape index (κ2) is 2.55. The maximum absolute atomic E-state index is 10.8. The van der Waals surface area contributed by atoms with Crippen LogP contribution in [0.2, 0.25) is 0 Å². The number of aryl methyl sites for hydroxylation is 1. The summed E-state index contributed by atoms with van der Waals surface area (Å²) in [4.78, 5) is 18.9. The number of nitrogens with zero attached hydrogens (tertiary/aromatic N) is 3. The Labute approximate surface area is 74.2 Å². The molecule has 2 aromatic heterocycles. The van der Waals surface area contributed by atoms with Crippen molar-refractivity contribution in [1.82, 2.24) is 14.5 Å². The van der Waals surface area contributed by atoms with Crippen LogP contribution in [0.3, 0.4) is 0 Å². The van der Waals surface area contributed by atoms with Crippen LogP contribution in [0, 0.1) is 0 Å². The third-order valence-corrected chi connectivity index (χ3v) is 1.82. The third-order valence-electron chi connectivity index (χ3n) is 1.82. The summed E-state index contributed by atoms with van der Waals surface area (Å²) in [5.74, 6) is -0.560. The molecule has 66 valence electrons. The van der Waals surface area contributed by atoms with E-state index < -0.39 is 5.91 Å². The average Bonchev–Trinajstić information content (AvgIpc) is 2.47. The molecule has 2 N–H and O–H groups in total. The van der Waals surface area contributed by atoms with Gasteiger partial charge < -0.3 is 10.3 Å². The standard InChI is InChI=1S/C8H8N4O/c1-12-3-2-5-8(12)11-6(4-10-5)7(9)13/h2-4H,1H3,(H2,9,13). The molecule has 0 aliphatic carbocycles. The van der Waals surface area contributed by atoms with Gasteiger partial charge in [-0.3, -0.25) is 9.78 Å². The van der Waals surface area contributed by atoms with Crippen LogP contribution in [0.15, 0.2) is 18.5 Å². The first kappa shape index (κ1) is 7.72. The number of carbonyl (C=O) groups excluding carboxylic acids is 1. The lowest BCUT2D eigenvalue weighted by Gasteiger charge is -1.96. The highest BCUT2D eigenvalue weighted by Crippen LogP contribution is 2.08. The second-order valence-electron chi connectivity index (χ2n) is 2.75. The topological polar surface area (TPSA) is 73.8 Å². The van der Waals surface area contributed by atoms with Crippen LogP contribution in [0.4, 0.5) is 0 Å². The minimum absolute atomic E-state index is 0.189. The first-order valence-electron chi connectivity index (χ1n) is 3.76. The number of amides is 1. The van der Waals surface area contributed by atoms with Gasteiger partial charge in [-0.15, -0.1) is 0 Å². The Balaban J connectivity index is 2.72. The molecule has 2 aromatic rings. The molecule has 0 saturated heterocycles. The van der Waals surface area contributed by atoms with Gasteiger partial charge in [-0.05, 0) is 6.07 Å². The second-order valence-corrected chi connectivity index (χ2v) is 2.75. The highest BCUT2D eigenvalue weighted by Gasteiger charge is 2.06. The lowest BCUT2D eigenvalue weighted by atomic mass is 10.4. The van der Waals surface area contributed by atoms with E-state index in [4.69, 9.17) is 5.73 Å². The predicted molar refractivity (Wildman–Crippen MR) is 47.0 cm³/mol. The number of hydrogen-bond acceptors (Lipinski definition) is 3. The van der Waals surface area contributed by atoms with E-state index >= 15 is 0 Å². The van der Waals surface area contributed by atoms with Gasteiger partial charge in [-0.2, -0.15) is 0 Å². The first-order valence-corrected chi connectivity index (χ1v) is 3.76. The van der Waals surface area contributed by atoms with Crippen molar-refractivity contribution < 1.29 is 4.79 Å². The summed E-state index contributed by atoms with van der Waals surface area (Å²) in [7, 11) is 1.84. The highest BCUT2D eigenvalue weighted by atomic mass is 16.1. The summed E-state index contributed by atoms with van der Waals surface area (Å²) in [6.07, 6.45) is 3.21. The average molecular weight is 176 g/mol. The Morgan fingerprint density at radius 3 is 3.08 bits per heavy atom. The van der Waals surface area contributed by atoms with Crippen molar-refractivity contribution >= 4 is 17.1 Å². The van der Waals surface area contributed by atoms with Crippen LogP contribution < -0.4 is 5.73 Å². The lowest BCUT2D eigenvalue weighted by molar-refractivity contribution is 0.0995. The molecule has 5 heteroatoms. The quantitative estimate of drug-likeness (QED) is 0.668. The summed E-state index contributed by atoms with van der Waals surface area (Å²) < 4.78 is 1.79. The van der Waals surface area contributed by atoms with E-state index in [2.05, 4.69) is 9.97 Å². The Hall–Kier alpha value is -1.91. The zero-order chi connectivity index (χ0) is 9.42. The van der Waals surface area contributed by atoms with Gasteiger partial charge >= 0.3 is 0 Å². The zero-order valence-electron chi connectivity index (χ0n) is 7.06. The van der Waals surface area contributed by atoms with Gasteiger partial charge in [0.15, 0.2) is 5.65 Å². The number of fused-ring (bicyclic) bond motifs is 1. The van der Waals surface area contributed by atoms with Crippen LogP contribution in [0.1, 0.15) is 10.5 Å². The van der Waals surface area contributed by atoms with Gasteiger partial charge in [-0.1, -0.05) is 0 Å². The molecule has 0 bridgehead atoms. The zero-order valence-corrected chi connectivity index (χ0v) is 7.06. The fourth-order valence-corrected chi connectivity index (χ4v) is 1.14. The molecule has 13 heavy (non-hydrogen) atoms. The van der Waals surface area contributed by atoms with Crippen LogP contribution in [-0.4, -0.2) is 20.4 Å². The van der Waals surface area contributed by atoms with Gasteiger partial charge in [0.1, 0.15) is 11.2 Å². The predicted octanol–water partition coefficient (Wildman–Crippen LogP) is 0.0672. The monoisotopic (exact) mass is 176 g/mol. The summed E-state index contributed by atoms with van der Waals surface area (Å²) in [5.41, 5.74) is 6.68. The Morgan fingerprint density at radius 1 is 1.62 bits per heavy atom.